The maximum atomic E-state index is 3.43. The van der Waals surface area contributed by atoms with Crippen LogP contribution in [0.3, 0.4) is 0 Å². The molecular formula is C9H19ClN2. The van der Waals surface area contributed by atoms with Gasteiger partial charge in [-0.2, -0.15) is 0 Å². The molecule has 0 bridgehead atoms. The molecule has 2 aliphatic rings. The van der Waals surface area contributed by atoms with E-state index in [9.17, 15) is 0 Å². The van der Waals surface area contributed by atoms with Crippen molar-refractivity contribution >= 4 is 12.4 Å². The fourth-order valence-electron chi connectivity index (χ4n) is 2.42. The van der Waals surface area contributed by atoms with Gasteiger partial charge < -0.3 is 5.32 Å². The summed E-state index contributed by atoms with van der Waals surface area (Å²) in [4.78, 5) is 2.68. The van der Waals surface area contributed by atoms with Gasteiger partial charge in [0.2, 0.25) is 0 Å². The molecule has 3 heteroatoms. The number of rotatable bonds is 1. The first-order valence-corrected chi connectivity index (χ1v) is 4.84. The smallest absolute Gasteiger partial charge is 0.0235 e. The van der Waals surface area contributed by atoms with Gasteiger partial charge in [0.15, 0.2) is 0 Å². The Hall–Kier alpha value is 0.210. The molecule has 0 amide bonds. The van der Waals surface area contributed by atoms with Crippen LogP contribution in [0.5, 0.6) is 0 Å². The van der Waals surface area contributed by atoms with Crippen LogP contribution in [-0.2, 0) is 0 Å². The second kappa shape index (κ2) is 4.45. The van der Waals surface area contributed by atoms with Gasteiger partial charge in [-0.15, -0.1) is 12.4 Å². The number of hydrogen-bond acceptors (Lipinski definition) is 2. The molecule has 0 aromatic carbocycles. The number of halogens is 1. The van der Waals surface area contributed by atoms with E-state index in [1.807, 2.05) is 0 Å². The van der Waals surface area contributed by atoms with Crippen LogP contribution in [0.15, 0.2) is 0 Å². The van der Waals surface area contributed by atoms with Crippen LogP contribution in [0.25, 0.3) is 0 Å². The van der Waals surface area contributed by atoms with Crippen LogP contribution in [-0.4, -0.2) is 36.6 Å². The van der Waals surface area contributed by atoms with Gasteiger partial charge in [0.25, 0.3) is 0 Å². The third kappa shape index (κ3) is 1.93. The summed E-state index contributed by atoms with van der Waals surface area (Å²) in [6, 6.07) is 1.70. The Balaban J connectivity index is 0.000000720. The van der Waals surface area contributed by atoms with E-state index >= 15 is 0 Å². The van der Waals surface area contributed by atoms with Gasteiger partial charge in [-0.1, -0.05) is 0 Å². The summed E-state index contributed by atoms with van der Waals surface area (Å²) in [5.74, 6) is 0. The fourth-order valence-corrected chi connectivity index (χ4v) is 2.42. The van der Waals surface area contributed by atoms with Crippen LogP contribution in [0, 0.1) is 0 Å². The van der Waals surface area contributed by atoms with Crippen molar-refractivity contribution in [3.63, 3.8) is 0 Å². The summed E-state index contributed by atoms with van der Waals surface area (Å²) in [6.07, 6.45) is 4.19. The summed E-state index contributed by atoms with van der Waals surface area (Å²) in [5, 5.41) is 3.43. The number of nitrogens with zero attached hydrogens (tertiary/aromatic N) is 1. The van der Waals surface area contributed by atoms with Crippen molar-refractivity contribution in [1.82, 2.24) is 10.2 Å². The summed E-state index contributed by atoms with van der Waals surface area (Å²) in [5.41, 5.74) is 0. The molecular weight excluding hydrogens is 172 g/mol. The van der Waals surface area contributed by atoms with Crippen LogP contribution in [0.2, 0.25) is 0 Å². The Labute approximate surface area is 81.1 Å². The Kier molecular flexibility index (Phi) is 3.81. The minimum atomic E-state index is 0. The van der Waals surface area contributed by atoms with Gasteiger partial charge in [0.05, 0.1) is 0 Å². The van der Waals surface area contributed by atoms with E-state index in [4.69, 9.17) is 0 Å². The highest BCUT2D eigenvalue weighted by atomic mass is 35.5. The molecule has 0 spiro atoms. The van der Waals surface area contributed by atoms with Crippen molar-refractivity contribution in [3.05, 3.63) is 0 Å². The maximum Gasteiger partial charge on any atom is 0.0235 e. The monoisotopic (exact) mass is 190 g/mol. The number of likely N-dealkylation sites (tertiary alicyclic amines) is 1. The Morgan fingerprint density at radius 3 is 2.67 bits per heavy atom. The van der Waals surface area contributed by atoms with E-state index in [0.29, 0.717) is 0 Å². The SMILES string of the molecule is CC1CCCN1C1CCNC1.Cl. The molecule has 0 radical (unpaired) electrons. The molecule has 2 unspecified atom stereocenters. The fraction of sp³-hybridized carbons (Fsp3) is 1.00. The van der Waals surface area contributed by atoms with E-state index in [2.05, 4.69) is 17.1 Å². The highest BCUT2D eigenvalue weighted by molar-refractivity contribution is 5.85. The molecule has 12 heavy (non-hydrogen) atoms. The lowest BCUT2D eigenvalue weighted by Gasteiger charge is -2.27. The van der Waals surface area contributed by atoms with Crippen LogP contribution in [0.4, 0.5) is 0 Å². The van der Waals surface area contributed by atoms with E-state index in [0.717, 1.165) is 12.1 Å². The molecule has 2 fully saturated rings. The van der Waals surface area contributed by atoms with Gasteiger partial charge in [-0.25, -0.2) is 0 Å². The molecule has 0 aromatic heterocycles. The maximum absolute atomic E-state index is 3.43. The van der Waals surface area contributed by atoms with Gasteiger partial charge in [-0.05, 0) is 39.3 Å². The lowest BCUT2D eigenvalue weighted by atomic mass is 10.2. The summed E-state index contributed by atoms with van der Waals surface area (Å²) in [6.45, 7) is 6.16. The molecule has 0 aromatic rings. The third-order valence-corrected chi connectivity index (χ3v) is 3.11. The molecule has 2 saturated heterocycles. The largest absolute Gasteiger partial charge is 0.315 e. The summed E-state index contributed by atoms with van der Waals surface area (Å²) < 4.78 is 0. The highest BCUT2D eigenvalue weighted by Crippen LogP contribution is 2.21. The minimum Gasteiger partial charge on any atom is -0.315 e. The van der Waals surface area contributed by atoms with E-state index < -0.39 is 0 Å². The molecule has 2 nitrogen and oxygen atoms in total. The first-order chi connectivity index (χ1) is 5.38. The first kappa shape index (κ1) is 10.3. The molecule has 2 rings (SSSR count). The van der Waals surface area contributed by atoms with Gasteiger partial charge in [0.1, 0.15) is 0 Å². The van der Waals surface area contributed by atoms with Crippen LogP contribution < -0.4 is 5.32 Å². The Morgan fingerprint density at radius 2 is 2.17 bits per heavy atom. The molecule has 0 saturated carbocycles. The second-order valence-corrected chi connectivity index (χ2v) is 3.88. The second-order valence-electron chi connectivity index (χ2n) is 3.88. The minimum absolute atomic E-state index is 0. The first-order valence-electron chi connectivity index (χ1n) is 4.84. The summed E-state index contributed by atoms with van der Waals surface area (Å²) in [7, 11) is 0. The molecule has 2 heterocycles. The zero-order valence-corrected chi connectivity index (χ0v) is 8.57. The van der Waals surface area contributed by atoms with Crippen molar-refractivity contribution < 1.29 is 0 Å². The van der Waals surface area contributed by atoms with Crippen molar-refractivity contribution in [2.24, 2.45) is 0 Å². The zero-order chi connectivity index (χ0) is 7.68. The van der Waals surface area contributed by atoms with Crippen molar-refractivity contribution in [1.29, 1.82) is 0 Å². The Bertz CT molecular complexity index is 134. The normalized spacial score (nSPS) is 36.8. The lowest BCUT2D eigenvalue weighted by molar-refractivity contribution is 0.202. The van der Waals surface area contributed by atoms with E-state index in [-0.39, 0.29) is 12.4 Å². The van der Waals surface area contributed by atoms with E-state index in [1.165, 1.54) is 38.9 Å². The summed E-state index contributed by atoms with van der Waals surface area (Å²) >= 11 is 0. The van der Waals surface area contributed by atoms with Crippen molar-refractivity contribution in [2.75, 3.05) is 19.6 Å². The van der Waals surface area contributed by atoms with Crippen LogP contribution in [0.1, 0.15) is 26.2 Å². The van der Waals surface area contributed by atoms with Gasteiger partial charge >= 0.3 is 0 Å². The molecule has 72 valence electrons. The third-order valence-electron chi connectivity index (χ3n) is 3.11. The number of hydrogen-bond donors (Lipinski definition) is 1. The highest BCUT2D eigenvalue weighted by Gasteiger charge is 2.29. The van der Waals surface area contributed by atoms with Crippen molar-refractivity contribution in [2.45, 2.75) is 38.3 Å². The Morgan fingerprint density at radius 1 is 1.33 bits per heavy atom. The molecule has 2 atom stereocenters. The van der Waals surface area contributed by atoms with Gasteiger partial charge in [-0.3, -0.25) is 4.90 Å². The number of nitrogens with one attached hydrogen (secondary N) is 1. The predicted molar refractivity (Wildman–Crippen MR) is 53.9 cm³/mol. The average molecular weight is 191 g/mol. The average Bonchev–Trinajstić information content (AvgIpc) is 2.55. The lowest BCUT2D eigenvalue weighted by Crippen LogP contribution is -2.38. The van der Waals surface area contributed by atoms with Crippen molar-refractivity contribution in [3.8, 4) is 0 Å². The zero-order valence-electron chi connectivity index (χ0n) is 7.75. The van der Waals surface area contributed by atoms with E-state index in [1.54, 1.807) is 0 Å². The standard InChI is InChI=1S/C9H18N2.ClH/c1-8-3-2-6-11(8)9-4-5-10-7-9;/h8-10H,2-7H2,1H3;1H. The topological polar surface area (TPSA) is 15.3 Å². The predicted octanol–water partition coefficient (Wildman–Crippen LogP) is 1.25. The molecule has 0 aliphatic carbocycles. The quantitative estimate of drug-likeness (QED) is 0.670. The molecule has 1 N–H and O–H groups in total. The van der Waals surface area contributed by atoms with Gasteiger partial charge in [0, 0.05) is 18.6 Å². The van der Waals surface area contributed by atoms with Crippen LogP contribution >= 0.6 is 12.4 Å². The molecule has 2 aliphatic heterocycles.